The molecule has 0 bridgehead atoms. The number of methoxy groups -OCH3 is 1. The molecule has 0 radical (unpaired) electrons. The molecule has 0 aliphatic carbocycles. The van der Waals surface area contributed by atoms with Crippen LogP contribution < -0.4 is 10.6 Å². The number of amides is 1. The highest BCUT2D eigenvalue weighted by molar-refractivity contribution is 5.81. The predicted molar refractivity (Wildman–Crippen MR) is 80.2 cm³/mol. The highest BCUT2D eigenvalue weighted by atomic mass is 16.5. The molecular weight excluding hydrogens is 240 g/mol. The predicted octanol–water partition coefficient (Wildman–Crippen LogP) is 2.19. The molecule has 0 spiro atoms. The Morgan fingerprint density at radius 2 is 1.58 bits per heavy atom. The van der Waals surface area contributed by atoms with Crippen molar-refractivity contribution in [3.05, 3.63) is 0 Å². The Labute approximate surface area is 118 Å². The fraction of sp³-hybridized carbons (Fsp3) is 0.933. The molecule has 0 saturated heterocycles. The SMILES string of the molecule is COCCNC(=O)C(C)NC(CC(C)C)CC(C)C. The molecule has 0 fully saturated rings. The Bertz CT molecular complexity index is 232. The third-order valence-electron chi connectivity index (χ3n) is 3.00. The second kappa shape index (κ2) is 10.2. The zero-order chi connectivity index (χ0) is 14.8. The summed E-state index contributed by atoms with van der Waals surface area (Å²) in [7, 11) is 1.63. The normalized spacial score (nSPS) is 13.3. The Balaban J connectivity index is 4.19. The second-order valence-electron chi connectivity index (χ2n) is 6.13. The summed E-state index contributed by atoms with van der Waals surface area (Å²) in [4.78, 5) is 11.9. The molecule has 1 amide bonds. The maximum Gasteiger partial charge on any atom is 0.236 e. The highest BCUT2D eigenvalue weighted by Crippen LogP contribution is 2.13. The zero-order valence-corrected chi connectivity index (χ0v) is 13.5. The number of hydrogen-bond donors (Lipinski definition) is 2. The van der Waals surface area contributed by atoms with Gasteiger partial charge in [-0.05, 0) is 31.6 Å². The van der Waals surface area contributed by atoms with E-state index in [1.165, 1.54) is 0 Å². The lowest BCUT2D eigenvalue weighted by Crippen LogP contribution is -2.48. The van der Waals surface area contributed by atoms with Gasteiger partial charge in [0, 0.05) is 19.7 Å². The Kier molecular flexibility index (Phi) is 9.88. The molecule has 0 aliphatic rings. The van der Waals surface area contributed by atoms with E-state index in [0.717, 1.165) is 12.8 Å². The average Bonchev–Trinajstić information content (AvgIpc) is 2.27. The first-order valence-electron chi connectivity index (χ1n) is 7.39. The molecule has 4 heteroatoms. The lowest BCUT2D eigenvalue weighted by atomic mass is 9.95. The minimum atomic E-state index is -0.153. The summed E-state index contributed by atoms with van der Waals surface area (Å²) >= 11 is 0. The van der Waals surface area contributed by atoms with Crippen molar-refractivity contribution in [2.75, 3.05) is 20.3 Å². The molecule has 114 valence electrons. The number of hydrogen-bond acceptors (Lipinski definition) is 3. The van der Waals surface area contributed by atoms with E-state index in [-0.39, 0.29) is 11.9 Å². The first-order valence-corrected chi connectivity index (χ1v) is 7.39. The quantitative estimate of drug-likeness (QED) is 0.599. The summed E-state index contributed by atoms with van der Waals surface area (Å²) in [5.41, 5.74) is 0. The lowest BCUT2D eigenvalue weighted by molar-refractivity contribution is -0.123. The van der Waals surface area contributed by atoms with Crippen molar-refractivity contribution in [1.82, 2.24) is 10.6 Å². The Hall–Kier alpha value is -0.610. The summed E-state index contributed by atoms with van der Waals surface area (Å²) < 4.78 is 4.92. The Morgan fingerprint density at radius 1 is 1.05 bits per heavy atom. The minimum absolute atomic E-state index is 0.0505. The first-order chi connectivity index (χ1) is 8.86. The van der Waals surface area contributed by atoms with Crippen LogP contribution in [0, 0.1) is 11.8 Å². The monoisotopic (exact) mass is 272 g/mol. The summed E-state index contributed by atoms with van der Waals surface area (Å²) in [5, 5.41) is 6.32. The van der Waals surface area contributed by atoms with Gasteiger partial charge in [0.2, 0.25) is 5.91 Å². The molecule has 0 aliphatic heterocycles. The minimum Gasteiger partial charge on any atom is -0.383 e. The number of nitrogens with one attached hydrogen (secondary N) is 2. The van der Waals surface area contributed by atoms with Gasteiger partial charge >= 0.3 is 0 Å². The molecule has 0 saturated carbocycles. The van der Waals surface area contributed by atoms with E-state index in [1.54, 1.807) is 7.11 Å². The zero-order valence-electron chi connectivity index (χ0n) is 13.5. The number of ether oxygens (including phenoxy) is 1. The molecule has 0 rings (SSSR count). The van der Waals surface area contributed by atoms with Gasteiger partial charge in [0.05, 0.1) is 12.6 Å². The van der Waals surface area contributed by atoms with Gasteiger partial charge in [-0.25, -0.2) is 0 Å². The summed E-state index contributed by atoms with van der Waals surface area (Å²) in [6, 6.07) is 0.252. The van der Waals surface area contributed by atoms with Gasteiger partial charge in [-0.1, -0.05) is 27.7 Å². The molecule has 19 heavy (non-hydrogen) atoms. The van der Waals surface area contributed by atoms with Gasteiger partial charge in [0.25, 0.3) is 0 Å². The van der Waals surface area contributed by atoms with E-state index in [9.17, 15) is 4.79 Å². The van der Waals surface area contributed by atoms with Crippen LogP contribution in [0.15, 0.2) is 0 Å². The number of carbonyl (C=O) groups excluding carboxylic acids is 1. The van der Waals surface area contributed by atoms with Crippen molar-refractivity contribution in [2.45, 2.75) is 59.5 Å². The Morgan fingerprint density at radius 3 is 2.00 bits per heavy atom. The number of carbonyl (C=O) groups is 1. The molecule has 4 nitrogen and oxygen atoms in total. The molecule has 1 unspecified atom stereocenters. The van der Waals surface area contributed by atoms with Crippen molar-refractivity contribution >= 4 is 5.91 Å². The van der Waals surface area contributed by atoms with Gasteiger partial charge in [-0.3, -0.25) is 4.79 Å². The maximum absolute atomic E-state index is 11.9. The van der Waals surface area contributed by atoms with E-state index in [2.05, 4.69) is 38.3 Å². The molecule has 0 aromatic rings. The van der Waals surface area contributed by atoms with E-state index in [0.29, 0.717) is 31.0 Å². The standard InChI is InChI=1S/C15H32N2O2/c1-11(2)9-14(10-12(3)4)17-13(5)15(18)16-7-8-19-6/h11-14,17H,7-10H2,1-6H3,(H,16,18). The van der Waals surface area contributed by atoms with Crippen LogP contribution in [0.5, 0.6) is 0 Å². The van der Waals surface area contributed by atoms with Crippen molar-refractivity contribution in [3.8, 4) is 0 Å². The van der Waals surface area contributed by atoms with Gasteiger partial charge in [0.15, 0.2) is 0 Å². The molecule has 0 aromatic heterocycles. The molecule has 0 heterocycles. The average molecular weight is 272 g/mol. The fourth-order valence-electron chi connectivity index (χ4n) is 2.23. The van der Waals surface area contributed by atoms with Crippen LogP contribution >= 0.6 is 0 Å². The van der Waals surface area contributed by atoms with Crippen LogP contribution in [0.4, 0.5) is 0 Å². The second-order valence-corrected chi connectivity index (χ2v) is 6.13. The van der Waals surface area contributed by atoms with Crippen molar-refractivity contribution in [2.24, 2.45) is 11.8 Å². The first kappa shape index (κ1) is 18.4. The van der Waals surface area contributed by atoms with E-state index in [4.69, 9.17) is 4.74 Å². The van der Waals surface area contributed by atoms with Crippen molar-refractivity contribution < 1.29 is 9.53 Å². The fourth-order valence-corrected chi connectivity index (χ4v) is 2.23. The van der Waals surface area contributed by atoms with Crippen molar-refractivity contribution in [1.29, 1.82) is 0 Å². The summed E-state index contributed by atoms with van der Waals surface area (Å²) in [6.45, 7) is 11.9. The highest BCUT2D eigenvalue weighted by Gasteiger charge is 2.19. The largest absolute Gasteiger partial charge is 0.383 e. The lowest BCUT2D eigenvalue weighted by Gasteiger charge is -2.26. The third-order valence-corrected chi connectivity index (χ3v) is 3.00. The summed E-state index contributed by atoms with van der Waals surface area (Å²) in [5.74, 6) is 1.33. The van der Waals surface area contributed by atoms with Gasteiger partial charge in [0.1, 0.15) is 0 Å². The molecule has 1 atom stereocenters. The molecular formula is C15H32N2O2. The smallest absolute Gasteiger partial charge is 0.236 e. The van der Waals surface area contributed by atoms with Crippen molar-refractivity contribution in [3.63, 3.8) is 0 Å². The maximum atomic E-state index is 11.9. The van der Waals surface area contributed by atoms with Crippen LogP contribution in [-0.4, -0.2) is 38.3 Å². The van der Waals surface area contributed by atoms with Gasteiger partial charge in [-0.2, -0.15) is 0 Å². The van der Waals surface area contributed by atoms with E-state index < -0.39 is 0 Å². The number of rotatable bonds is 10. The van der Waals surface area contributed by atoms with E-state index in [1.807, 2.05) is 6.92 Å². The van der Waals surface area contributed by atoms with Gasteiger partial charge < -0.3 is 15.4 Å². The van der Waals surface area contributed by atoms with E-state index >= 15 is 0 Å². The van der Waals surface area contributed by atoms with Gasteiger partial charge in [-0.15, -0.1) is 0 Å². The van der Waals surface area contributed by atoms with Crippen LogP contribution in [0.2, 0.25) is 0 Å². The van der Waals surface area contributed by atoms with Crippen LogP contribution in [0.1, 0.15) is 47.5 Å². The van der Waals surface area contributed by atoms with Crippen LogP contribution in [0.25, 0.3) is 0 Å². The van der Waals surface area contributed by atoms with Crippen LogP contribution in [-0.2, 0) is 9.53 Å². The molecule has 0 aromatic carbocycles. The topological polar surface area (TPSA) is 50.4 Å². The molecule has 2 N–H and O–H groups in total. The summed E-state index contributed by atoms with van der Waals surface area (Å²) in [6.07, 6.45) is 2.21. The third kappa shape index (κ3) is 9.91. The van der Waals surface area contributed by atoms with Crippen LogP contribution in [0.3, 0.4) is 0 Å².